The maximum Gasteiger partial charge on any atom is 0.251 e. The molecular formula is C26H30F3N7O2S. The van der Waals surface area contributed by atoms with Crippen molar-refractivity contribution < 1.29 is 21.6 Å². The highest BCUT2D eigenvalue weighted by Gasteiger charge is 2.44. The van der Waals surface area contributed by atoms with E-state index in [2.05, 4.69) is 24.9 Å². The molecule has 1 spiro atoms. The van der Waals surface area contributed by atoms with Crippen LogP contribution in [0.15, 0.2) is 36.5 Å². The Morgan fingerprint density at radius 3 is 2.23 bits per heavy atom. The molecule has 3 aliphatic rings. The minimum absolute atomic E-state index is 0.0153. The molecule has 3 aromatic rings. The molecule has 39 heavy (non-hydrogen) atoms. The summed E-state index contributed by atoms with van der Waals surface area (Å²) in [6.07, 6.45) is 6.81. The Balaban J connectivity index is 1.30. The Kier molecular flexibility index (Phi) is 6.23. The number of nitrogens with zero attached hydrogens (tertiary/aromatic N) is 6. The fraction of sp³-hybridized carbons (Fsp3) is 0.500. The molecule has 2 aliphatic heterocycles. The Labute approximate surface area is 225 Å². The summed E-state index contributed by atoms with van der Waals surface area (Å²) in [5.41, 5.74) is 3.26. The number of pyridine rings is 1. The third-order valence-electron chi connectivity index (χ3n) is 8.03. The summed E-state index contributed by atoms with van der Waals surface area (Å²) >= 11 is 0. The smallest absolute Gasteiger partial charge is 0.251 e. The fourth-order valence-electron chi connectivity index (χ4n) is 5.49. The summed E-state index contributed by atoms with van der Waals surface area (Å²) in [4.78, 5) is 8.19. The van der Waals surface area contributed by atoms with Gasteiger partial charge in [0.05, 0.1) is 35.2 Å². The zero-order valence-corrected chi connectivity index (χ0v) is 22.4. The summed E-state index contributed by atoms with van der Waals surface area (Å²) in [5, 5.41) is 8.56. The predicted molar refractivity (Wildman–Crippen MR) is 143 cm³/mol. The fourth-order valence-corrected chi connectivity index (χ4v) is 6.04. The van der Waals surface area contributed by atoms with Crippen LogP contribution in [-0.2, 0) is 10.0 Å². The third-order valence-corrected chi connectivity index (χ3v) is 8.63. The number of rotatable bonds is 6. The van der Waals surface area contributed by atoms with Crippen molar-refractivity contribution in [3.63, 3.8) is 0 Å². The van der Waals surface area contributed by atoms with Crippen LogP contribution in [0.3, 0.4) is 0 Å². The minimum atomic E-state index is -3.45. The average molecular weight is 562 g/mol. The second kappa shape index (κ2) is 9.39. The molecule has 3 fully saturated rings. The molecule has 1 aromatic carbocycles. The molecular weight excluding hydrogens is 531 g/mol. The van der Waals surface area contributed by atoms with E-state index in [1.165, 1.54) is 29.9 Å². The van der Waals surface area contributed by atoms with Crippen LogP contribution < -0.4 is 14.5 Å². The van der Waals surface area contributed by atoms with Gasteiger partial charge in [-0.15, -0.1) is 5.10 Å². The van der Waals surface area contributed by atoms with E-state index in [4.69, 9.17) is 0 Å². The normalized spacial score (nSPS) is 20.3. The first kappa shape index (κ1) is 25.9. The monoisotopic (exact) mass is 561 g/mol. The molecule has 0 amide bonds. The van der Waals surface area contributed by atoms with Crippen molar-refractivity contribution in [3.8, 4) is 17.1 Å². The van der Waals surface area contributed by atoms with E-state index < -0.39 is 21.8 Å². The van der Waals surface area contributed by atoms with Gasteiger partial charge >= 0.3 is 0 Å². The lowest BCUT2D eigenvalue weighted by Gasteiger charge is -2.35. The van der Waals surface area contributed by atoms with Crippen molar-refractivity contribution in [2.45, 2.75) is 44.4 Å². The Morgan fingerprint density at radius 1 is 0.872 bits per heavy atom. The number of hydrogen-bond acceptors (Lipinski definition) is 7. The lowest BCUT2D eigenvalue weighted by Crippen LogP contribution is -2.40. The highest BCUT2D eigenvalue weighted by molar-refractivity contribution is 7.92. The standard InChI is InChI=1S/C26H30F3N7O2S/c1-39(37,38)32-18-2-5-22(23(16-18)34-12-8-25(6-7-25)9-13-34)36-17-21(31-33-36)20-4-3-19(27)24(30-20)35-14-10-26(28,29)11-15-35/h2-5,16-17,32H,6-15H2,1H3. The van der Waals surface area contributed by atoms with E-state index in [1.54, 1.807) is 23.0 Å². The molecule has 1 saturated carbocycles. The van der Waals surface area contributed by atoms with Crippen LogP contribution in [0.2, 0.25) is 0 Å². The Bertz CT molecular complexity index is 1490. The highest BCUT2D eigenvalue weighted by Crippen LogP contribution is 2.54. The number of halogens is 3. The molecule has 2 aromatic heterocycles. The second-order valence-electron chi connectivity index (χ2n) is 11.0. The Morgan fingerprint density at radius 2 is 1.56 bits per heavy atom. The number of aromatic nitrogens is 4. The van der Waals surface area contributed by atoms with Crippen LogP contribution in [0, 0.1) is 11.2 Å². The minimum Gasteiger partial charge on any atom is -0.370 e. The molecule has 13 heteroatoms. The van der Waals surface area contributed by atoms with Crippen LogP contribution in [0.25, 0.3) is 17.1 Å². The van der Waals surface area contributed by atoms with E-state index >= 15 is 0 Å². The first-order valence-electron chi connectivity index (χ1n) is 13.1. The van der Waals surface area contributed by atoms with Gasteiger partial charge in [-0.05, 0) is 61.4 Å². The van der Waals surface area contributed by atoms with Gasteiger partial charge in [-0.25, -0.2) is 31.3 Å². The number of anilines is 3. The van der Waals surface area contributed by atoms with E-state index in [-0.39, 0.29) is 31.7 Å². The van der Waals surface area contributed by atoms with E-state index in [1.807, 2.05) is 6.07 Å². The van der Waals surface area contributed by atoms with Crippen LogP contribution in [-0.4, -0.2) is 66.8 Å². The van der Waals surface area contributed by atoms with Crippen molar-refractivity contribution in [1.29, 1.82) is 0 Å². The van der Waals surface area contributed by atoms with Crippen LogP contribution in [0.1, 0.15) is 38.5 Å². The lowest BCUT2D eigenvalue weighted by molar-refractivity contribution is -0.0222. The first-order valence-corrected chi connectivity index (χ1v) is 15.0. The van der Waals surface area contributed by atoms with Gasteiger partial charge in [-0.1, -0.05) is 5.21 Å². The van der Waals surface area contributed by atoms with Gasteiger partial charge in [0.2, 0.25) is 10.0 Å². The second-order valence-corrected chi connectivity index (χ2v) is 12.7. The number of piperidine rings is 2. The highest BCUT2D eigenvalue weighted by atomic mass is 32.2. The van der Waals surface area contributed by atoms with Gasteiger partial charge in [0, 0.05) is 39.0 Å². The van der Waals surface area contributed by atoms with E-state index in [9.17, 15) is 21.6 Å². The summed E-state index contributed by atoms with van der Waals surface area (Å²) in [6, 6.07) is 8.03. The summed E-state index contributed by atoms with van der Waals surface area (Å²) in [7, 11) is -3.45. The van der Waals surface area contributed by atoms with Crippen LogP contribution in [0.5, 0.6) is 0 Å². The van der Waals surface area contributed by atoms with Crippen molar-refractivity contribution >= 4 is 27.2 Å². The number of nitrogens with one attached hydrogen (secondary N) is 1. The number of hydrogen-bond donors (Lipinski definition) is 1. The molecule has 4 heterocycles. The largest absolute Gasteiger partial charge is 0.370 e. The molecule has 9 nitrogen and oxygen atoms in total. The summed E-state index contributed by atoms with van der Waals surface area (Å²) in [6.45, 7) is 1.74. The number of benzene rings is 1. The van der Waals surface area contributed by atoms with Crippen molar-refractivity contribution in [2.75, 3.05) is 47.0 Å². The summed E-state index contributed by atoms with van der Waals surface area (Å²) in [5.74, 6) is -3.30. The molecule has 6 rings (SSSR count). The van der Waals surface area contributed by atoms with E-state index in [0.717, 1.165) is 43.6 Å². The van der Waals surface area contributed by atoms with Crippen LogP contribution in [0.4, 0.5) is 30.4 Å². The maximum absolute atomic E-state index is 14.6. The summed E-state index contributed by atoms with van der Waals surface area (Å²) < 4.78 is 69.7. The van der Waals surface area contributed by atoms with E-state index in [0.29, 0.717) is 22.5 Å². The van der Waals surface area contributed by atoms with Gasteiger partial charge in [0.15, 0.2) is 11.6 Å². The average Bonchev–Trinajstić information content (AvgIpc) is 3.45. The van der Waals surface area contributed by atoms with Crippen molar-refractivity contribution in [2.24, 2.45) is 5.41 Å². The molecule has 2 saturated heterocycles. The quantitative estimate of drug-likeness (QED) is 0.475. The third kappa shape index (κ3) is 5.54. The number of alkyl halides is 2. The van der Waals surface area contributed by atoms with Crippen molar-refractivity contribution in [1.82, 2.24) is 20.0 Å². The molecule has 0 atom stereocenters. The molecule has 0 unspecified atom stereocenters. The van der Waals surface area contributed by atoms with Gasteiger partial charge in [-0.2, -0.15) is 0 Å². The number of sulfonamides is 1. The van der Waals surface area contributed by atoms with Crippen molar-refractivity contribution in [3.05, 3.63) is 42.3 Å². The molecule has 208 valence electrons. The van der Waals surface area contributed by atoms with Gasteiger partial charge in [-0.3, -0.25) is 4.72 Å². The molecule has 1 aliphatic carbocycles. The maximum atomic E-state index is 14.6. The van der Waals surface area contributed by atoms with Gasteiger partial charge in [0.25, 0.3) is 5.92 Å². The molecule has 0 bridgehead atoms. The zero-order valence-electron chi connectivity index (χ0n) is 21.6. The molecule has 0 radical (unpaired) electrons. The molecule has 1 N–H and O–H groups in total. The topological polar surface area (TPSA) is 96.2 Å². The first-order chi connectivity index (χ1) is 18.5. The van der Waals surface area contributed by atoms with Gasteiger partial charge < -0.3 is 9.80 Å². The van der Waals surface area contributed by atoms with Gasteiger partial charge in [0.1, 0.15) is 5.69 Å². The van der Waals surface area contributed by atoms with Crippen LogP contribution >= 0.6 is 0 Å². The zero-order chi connectivity index (χ0) is 27.4. The SMILES string of the molecule is CS(=O)(=O)Nc1ccc(-n2cc(-c3ccc(F)c(N4CCC(F)(F)CC4)n3)nn2)c(N2CCC3(CC2)CC3)c1. The lowest BCUT2D eigenvalue weighted by atomic mass is 9.93. The Hall–Kier alpha value is -3.35. The predicted octanol–water partition coefficient (Wildman–Crippen LogP) is 4.46.